The first-order valence-electron chi connectivity index (χ1n) is 13.1. The first-order chi connectivity index (χ1) is 19.7. The lowest BCUT2D eigenvalue weighted by atomic mass is 9.90. The van der Waals surface area contributed by atoms with Crippen LogP contribution in [0.1, 0.15) is 42.9 Å². The van der Waals surface area contributed by atoms with Crippen LogP contribution in [-0.2, 0) is 10.0 Å². The van der Waals surface area contributed by atoms with Gasteiger partial charge in [-0.05, 0) is 42.5 Å². The lowest BCUT2D eigenvalue weighted by molar-refractivity contribution is 0.0969. The lowest BCUT2D eigenvalue weighted by Crippen LogP contribution is -2.36. The lowest BCUT2D eigenvalue weighted by Gasteiger charge is -2.20. The van der Waals surface area contributed by atoms with Gasteiger partial charge in [0.05, 0.1) is 26.6 Å². The number of pyridine rings is 1. The standard InChI is InChI=1S/C29H33N5O6S/c1-6-40-25-17-10-14-22(30-25)27-31-32-28(34(27)26-23(38-4)15-11-16-24(26)39-5)29(35)33-41(36,37)18-19(2)20(3)21-12-8-7-9-13-21/h7-17,19-20H,6,18H2,1-5H3,(H,33,35)/t19-,20?/m1/s1. The highest BCUT2D eigenvalue weighted by atomic mass is 32.2. The molecule has 1 unspecified atom stereocenters. The highest BCUT2D eigenvalue weighted by Gasteiger charge is 2.30. The van der Waals surface area contributed by atoms with E-state index < -0.39 is 15.9 Å². The number of nitrogens with one attached hydrogen (secondary N) is 1. The Hall–Kier alpha value is -4.45. The first kappa shape index (κ1) is 29.5. The molecule has 0 spiro atoms. The summed E-state index contributed by atoms with van der Waals surface area (Å²) >= 11 is 0. The molecule has 11 nitrogen and oxygen atoms in total. The number of ether oxygens (including phenoxy) is 3. The van der Waals surface area contributed by atoms with Crippen LogP contribution in [0.4, 0.5) is 0 Å². The fourth-order valence-corrected chi connectivity index (χ4v) is 5.87. The SMILES string of the molecule is CCOc1cccc(-c2nnc(C(=O)NS(=O)(=O)C[C@@H](C)C(C)c3ccccc3)n2-c2c(OC)cccc2OC)n1. The second kappa shape index (κ2) is 12.8. The fourth-order valence-electron chi connectivity index (χ4n) is 4.43. The minimum atomic E-state index is -4.06. The van der Waals surface area contributed by atoms with Crippen molar-refractivity contribution in [2.45, 2.75) is 26.7 Å². The quantitative estimate of drug-likeness (QED) is 0.261. The molecule has 0 fully saturated rings. The predicted octanol–water partition coefficient (Wildman–Crippen LogP) is 4.24. The zero-order valence-corrected chi connectivity index (χ0v) is 24.4. The summed E-state index contributed by atoms with van der Waals surface area (Å²) in [6, 6.07) is 19.8. The molecule has 4 rings (SSSR count). The van der Waals surface area contributed by atoms with E-state index in [0.29, 0.717) is 35.4 Å². The highest BCUT2D eigenvalue weighted by Crippen LogP contribution is 2.36. The number of nitrogens with zero attached hydrogens (tertiary/aromatic N) is 4. The number of sulfonamides is 1. The molecule has 2 aromatic heterocycles. The van der Waals surface area contributed by atoms with E-state index in [9.17, 15) is 13.2 Å². The number of carbonyl (C=O) groups is 1. The van der Waals surface area contributed by atoms with E-state index in [4.69, 9.17) is 14.2 Å². The molecule has 2 heterocycles. The Balaban J connectivity index is 1.74. The molecule has 0 radical (unpaired) electrons. The van der Waals surface area contributed by atoms with Gasteiger partial charge in [-0.2, -0.15) is 0 Å². The van der Waals surface area contributed by atoms with E-state index in [1.807, 2.05) is 51.1 Å². The highest BCUT2D eigenvalue weighted by molar-refractivity contribution is 7.90. The second-order valence-corrected chi connectivity index (χ2v) is 11.1. The third-order valence-electron chi connectivity index (χ3n) is 6.65. The van der Waals surface area contributed by atoms with Crippen LogP contribution >= 0.6 is 0 Å². The Labute approximate surface area is 239 Å². The van der Waals surface area contributed by atoms with Crippen LogP contribution < -0.4 is 18.9 Å². The van der Waals surface area contributed by atoms with E-state index in [-0.39, 0.29) is 29.2 Å². The van der Waals surface area contributed by atoms with Gasteiger partial charge in [0.25, 0.3) is 0 Å². The number of methoxy groups -OCH3 is 2. The third-order valence-corrected chi connectivity index (χ3v) is 8.11. The summed E-state index contributed by atoms with van der Waals surface area (Å²) in [4.78, 5) is 18.0. The molecule has 0 aliphatic rings. The van der Waals surface area contributed by atoms with E-state index in [0.717, 1.165) is 5.56 Å². The zero-order chi connectivity index (χ0) is 29.6. The smallest absolute Gasteiger partial charge is 0.303 e. The van der Waals surface area contributed by atoms with Crippen LogP contribution in [0.15, 0.2) is 66.7 Å². The van der Waals surface area contributed by atoms with Crippen molar-refractivity contribution in [3.63, 3.8) is 0 Å². The molecule has 0 saturated heterocycles. The Morgan fingerprint density at radius 3 is 2.22 bits per heavy atom. The minimum absolute atomic E-state index is 0.0559. The summed E-state index contributed by atoms with van der Waals surface area (Å²) in [5.74, 6) is -0.676. The number of hydrogen-bond donors (Lipinski definition) is 1. The number of para-hydroxylation sites is 1. The Morgan fingerprint density at radius 2 is 1.59 bits per heavy atom. The number of aromatic nitrogens is 4. The van der Waals surface area contributed by atoms with Crippen LogP contribution in [0, 0.1) is 5.92 Å². The maximum atomic E-state index is 13.5. The predicted molar refractivity (Wildman–Crippen MR) is 154 cm³/mol. The van der Waals surface area contributed by atoms with Crippen LogP contribution in [0.25, 0.3) is 17.2 Å². The maximum absolute atomic E-state index is 13.5. The van der Waals surface area contributed by atoms with Gasteiger partial charge in [-0.15, -0.1) is 10.2 Å². The molecule has 1 amide bonds. The van der Waals surface area contributed by atoms with Crippen molar-refractivity contribution < 1.29 is 27.4 Å². The summed E-state index contributed by atoms with van der Waals surface area (Å²) in [7, 11) is -1.12. The van der Waals surface area contributed by atoms with Gasteiger partial charge in [-0.1, -0.05) is 56.3 Å². The molecular formula is C29H33N5O6S. The van der Waals surface area contributed by atoms with E-state index in [2.05, 4.69) is 19.9 Å². The van der Waals surface area contributed by atoms with Gasteiger partial charge in [-0.25, -0.2) is 18.1 Å². The molecule has 0 aliphatic heterocycles. The number of carbonyl (C=O) groups excluding carboxylic acids is 1. The van der Waals surface area contributed by atoms with Gasteiger partial charge in [-0.3, -0.25) is 9.36 Å². The van der Waals surface area contributed by atoms with Crippen LogP contribution in [0.5, 0.6) is 17.4 Å². The zero-order valence-electron chi connectivity index (χ0n) is 23.6. The second-order valence-electron chi connectivity index (χ2n) is 9.38. The molecule has 0 aliphatic carbocycles. The molecule has 0 bridgehead atoms. The Morgan fingerprint density at radius 1 is 0.927 bits per heavy atom. The Bertz CT molecular complexity index is 1580. The van der Waals surface area contributed by atoms with Crippen molar-refractivity contribution in [2.24, 2.45) is 5.92 Å². The van der Waals surface area contributed by atoms with Crippen molar-refractivity contribution in [1.82, 2.24) is 24.5 Å². The van der Waals surface area contributed by atoms with Gasteiger partial charge in [0.15, 0.2) is 5.82 Å². The fraction of sp³-hybridized carbons (Fsp3) is 0.310. The summed E-state index contributed by atoms with van der Waals surface area (Å²) in [6.07, 6.45) is 0. The van der Waals surface area contributed by atoms with E-state index >= 15 is 0 Å². The number of benzene rings is 2. The summed E-state index contributed by atoms with van der Waals surface area (Å²) in [5, 5.41) is 8.31. The van der Waals surface area contributed by atoms with Gasteiger partial charge < -0.3 is 14.2 Å². The van der Waals surface area contributed by atoms with Gasteiger partial charge in [0.2, 0.25) is 21.7 Å². The average Bonchev–Trinajstić information content (AvgIpc) is 3.41. The first-order valence-corrected chi connectivity index (χ1v) is 14.7. The van der Waals surface area contributed by atoms with Crippen LogP contribution in [0.3, 0.4) is 0 Å². The average molecular weight is 580 g/mol. The van der Waals surface area contributed by atoms with Crippen LogP contribution in [-0.4, -0.2) is 60.7 Å². The molecule has 41 heavy (non-hydrogen) atoms. The summed E-state index contributed by atoms with van der Waals surface area (Å²) in [6.45, 7) is 6.02. The summed E-state index contributed by atoms with van der Waals surface area (Å²) < 4.78 is 46.6. The molecular weight excluding hydrogens is 546 g/mol. The largest absolute Gasteiger partial charge is 0.494 e. The maximum Gasteiger partial charge on any atom is 0.303 e. The molecule has 216 valence electrons. The minimum Gasteiger partial charge on any atom is -0.494 e. The van der Waals surface area contributed by atoms with Crippen molar-refractivity contribution in [3.05, 3.63) is 78.1 Å². The van der Waals surface area contributed by atoms with E-state index in [1.165, 1.54) is 18.8 Å². The van der Waals surface area contributed by atoms with Crippen molar-refractivity contribution >= 4 is 15.9 Å². The number of hydrogen-bond acceptors (Lipinski definition) is 9. The molecule has 4 aromatic rings. The van der Waals surface area contributed by atoms with Crippen molar-refractivity contribution in [2.75, 3.05) is 26.6 Å². The third kappa shape index (κ3) is 6.65. The molecule has 0 saturated carbocycles. The normalized spacial score (nSPS) is 12.8. The topological polar surface area (TPSA) is 135 Å². The molecule has 1 N–H and O–H groups in total. The van der Waals surface area contributed by atoms with Gasteiger partial charge in [0, 0.05) is 6.07 Å². The van der Waals surface area contributed by atoms with Crippen molar-refractivity contribution in [3.8, 4) is 34.6 Å². The van der Waals surface area contributed by atoms with Crippen molar-refractivity contribution in [1.29, 1.82) is 0 Å². The molecule has 2 atom stereocenters. The van der Waals surface area contributed by atoms with Gasteiger partial charge >= 0.3 is 5.91 Å². The van der Waals surface area contributed by atoms with E-state index in [1.54, 1.807) is 36.4 Å². The Kier molecular flexibility index (Phi) is 9.23. The summed E-state index contributed by atoms with van der Waals surface area (Å²) in [5.41, 5.74) is 1.65. The van der Waals surface area contributed by atoms with Crippen LogP contribution in [0.2, 0.25) is 0 Å². The molecule has 2 aromatic carbocycles. The molecule has 12 heteroatoms. The monoisotopic (exact) mass is 579 g/mol. The number of rotatable bonds is 12. The van der Waals surface area contributed by atoms with Gasteiger partial charge in [0.1, 0.15) is 22.9 Å². The number of amides is 1.